The van der Waals surface area contributed by atoms with Crippen LogP contribution in [0.4, 0.5) is 10.6 Å². The van der Waals surface area contributed by atoms with Gasteiger partial charge in [0.1, 0.15) is 24.2 Å². The fraction of sp³-hybridized carbons (Fsp3) is 0.412. The number of nitrogens with zero attached hydrogens (tertiary/aromatic N) is 3. The molecular formula is C34H40N6O7. The Morgan fingerprint density at radius 2 is 1.89 bits per heavy atom. The van der Waals surface area contributed by atoms with Crippen LogP contribution in [0, 0.1) is 0 Å². The third-order valence-electron chi connectivity index (χ3n) is 8.07. The Hall–Kier alpha value is -4.88. The zero-order valence-electron chi connectivity index (χ0n) is 26.7. The van der Waals surface area contributed by atoms with Crippen LogP contribution in [-0.2, 0) is 32.0 Å². The highest BCUT2D eigenvalue weighted by atomic mass is 16.7. The molecule has 248 valence electrons. The van der Waals surface area contributed by atoms with Gasteiger partial charge in [0.05, 0.1) is 44.2 Å². The summed E-state index contributed by atoms with van der Waals surface area (Å²) in [5, 5.41) is 17.5. The first-order valence-corrected chi connectivity index (χ1v) is 15.8. The Labute approximate surface area is 272 Å². The minimum absolute atomic E-state index is 0.0218. The Balaban J connectivity index is 1.08. The first kappa shape index (κ1) is 32.1. The molecule has 2 fully saturated rings. The number of rotatable bonds is 12. The minimum atomic E-state index is -0.610. The number of carbonyl (C=O) groups excluding carboxylic acids is 2. The molecule has 0 radical (unpaired) electrons. The topological polar surface area (TPSA) is 151 Å². The molecule has 0 unspecified atom stereocenters. The second-order valence-corrected chi connectivity index (χ2v) is 12.0. The van der Waals surface area contributed by atoms with E-state index in [1.54, 1.807) is 18.0 Å². The number of H-pyrrole nitrogens is 1. The molecular weight excluding hydrogens is 604 g/mol. The number of amides is 2. The first-order valence-electron chi connectivity index (χ1n) is 15.8. The monoisotopic (exact) mass is 644 g/mol. The van der Waals surface area contributed by atoms with E-state index in [0.29, 0.717) is 37.8 Å². The van der Waals surface area contributed by atoms with E-state index in [2.05, 4.69) is 25.9 Å². The van der Waals surface area contributed by atoms with Crippen molar-refractivity contribution < 1.29 is 33.3 Å². The molecule has 2 atom stereocenters. The van der Waals surface area contributed by atoms with E-state index in [9.17, 15) is 9.59 Å². The second kappa shape index (κ2) is 14.7. The van der Waals surface area contributed by atoms with Gasteiger partial charge in [-0.1, -0.05) is 18.2 Å². The number of nitrogens with one attached hydrogen (secondary N) is 3. The van der Waals surface area contributed by atoms with Gasteiger partial charge in [0.2, 0.25) is 5.91 Å². The van der Waals surface area contributed by atoms with Crippen LogP contribution in [0.1, 0.15) is 67.7 Å². The lowest BCUT2D eigenvalue weighted by atomic mass is 10.0. The van der Waals surface area contributed by atoms with Gasteiger partial charge in [0.15, 0.2) is 12.1 Å². The summed E-state index contributed by atoms with van der Waals surface area (Å²) >= 11 is 0. The van der Waals surface area contributed by atoms with Crippen molar-refractivity contribution in [1.29, 1.82) is 0 Å². The van der Waals surface area contributed by atoms with Crippen LogP contribution >= 0.6 is 0 Å². The van der Waals surface area contributed by atoms with E-state index in [1.165, 1.54) is 0 Å². The normalized spacial score (nSPS) is 18.0. The predicted molar refractivity (Wildman–Crippen MR) is 172 cm³/mol. The van der Waals surface area contributed by atoms with E-state index in [4.69, 9.17) is 23.7 Å². The number of methoxy groups -OCH3 is 1. The summed E-state index contributed by atoms with van der Waals surface area (Å²) in [5.41, 5.74) is 4.06. The lowest BCUT2D eigenvalue weighted by Crippen LogP contribution is -2.33. The molecule has 2 aromatic heterocycles. The van der Waals surface area contributed by atoms with Crippen LogP contribution in [-0.4, -0.2) is 64.4 Å². The number of hydrogen-bond acceptors (Lipinski definition) is 9. The molecule has 3 N–H and O–H groups in total. The molecule has 2 aliphatic rings. The second-order valence-electron chi connectivity index (χ2n) is 12.0. The number of ether oxygens (including phenoxy) is 5. The highest BCUT2D eigenvalue weighted by Crippen LogP contribution is 2.37. The molecule has 47 heavy (non-hydrogen) atoms. The van der Waals surface area contributed by atoms with E-state index < -0.39 is 12.4 Å². The molecule has 1 aliphatic heterocycles. The van der Waals surface area contributed by atoms with Crippen molar-refractivity contribution in [2.45, 2.75) is 70.5 Å². The number of hydrogen-bond donors (Lipinski definition) is 3. The predicted octanol–water partition coefficient (Wildman–Crippen LogP) is 5.18. The molecule has 6 rings (SSSR count). The van der Waals surface area contributed by atoms with Gasteiger partial charge < -0.3 is 34.3 Å². The zero-order valence-corrected chi connectivity index (χ0v) is 26.7. The van der Waals surface area contributed by atoms with Crippen molar-refractivity contribution >= 4 is 17.8 Å². The van der Waals surface area contributed by atoms with Gasteiger partial charge in [0, 0.05) is 29.9 Å². The highest BCUT2D eigenvalue weighted by Gasteiger charge is 2.30. The maximum atomic E-state index is 13.0. The molecule has 2 aromatic carbocycles. The van der Waals surface area contributed by atoms with Crippen molar-refractivity contribution in [3.63, 3.8) is 0 Å². The maximum Gasteiger partial charge on any atom is 0.407 e. The summed E-state index contributed by atoms with van der Waals surface area (Å²) in [7, 11) is 1.63. The third kappa shape index (κ3) is 8.10. The fourth-order valence-electron chi connectivity index (χ4n) is 5.82. The molecule has 0 bridgehead atoms. The van der Waals surface area contributed by atoms with Gasteiger partial charge in [-0.05, 0) is 68.5 Å². The molecule has 13 nitrogen and oxygen atoms in total. The molecule has 1 saturated heterocycles. The van der Waals surface area contributed by atoms with Crippen LogP contribution in [0.25, 0.3) is 5.69 Å². The Bertz CT molecular complexity index is 1660. The van der Waals surface area contributed by atoms with Gasteiger partial charge in [-0.15, -0.1) is 0 Å². The fourth-order valence-corrected chi connectivity index (χ4v) is 5.82. The highest BCUT2D eigenvalue weighted by molar-refractivity contribution is 5.91. The number of aromatic nitrogens is 4. The minimum Gasteiger partial charge on any atom is -0.497 e. The molecule has 0 spiro atoms. The van der Waals surface area contributed by atoms with E-state index in [1.807, 2.05) is 68.6 Å². The Morgan fingerprint density at radius 1 is 1.09 bits per heavy atom. The van der Waals surface area contributed by atoms with Gasteiger partial charge in [-0.3, -0.25) is 9.89 Å². The molecule has 13 heteroatoms. The quantitative estimate of drug-likeness (QED) is 0.190. The number of alkyl carbamates (subject to hydrolysis) is 1. The molecule has 4 aromatic rings. The Kier molecular flexibility index (Phi) is 10.0. The summed E-state index contributed by atoms with van der Waals surface area (Å²) in [6.45, 7) is 5.08. The van der Waals surface area contributed by atoms with Crippen molar-refractivity contribution in [1.82, 2.24) is 25.3 Å². The summed E-state index contributed by atoms with van der Waals surface area (Å²) in [5.74, 6) is 1.79. The van der Waals surface area contributed by atoms with Crippen LogP contribution in [0.3, 0.4) is 0 Å². The van der Waals surface area contributed by atoms with Crippen molar-refractivity contribution in [2.24, 2.45) is 0 Å². The lowest BCUT2D eigenvalue weighted by Gasteiger charge is -2.19. The standard InChI is InChI=1S/C34H40N6O7/c1-21(2)36-34(42)47-26-12-9-24(16-26)27-17-30(39-38-27)37-31(41)15-23-18-35-40(19-23)28-5-4-6-29(32(28)33-44-13-14-45-33)46-20-22-7-10-25(43-3)11-8-22/h4-8,10-11,17-19,21,24,26,33H,9,12-16,20H2,1-3H3,(H,36,42)(H2,37,38,39,41)/t24-,26+/m0/s1. The van der Waals surface area contributed by atoms with E-state index >= 15 is 0 Å². The largest absolute Gasteiger partial charge is 0.497 e. The number of anilines is 1. The SMILES string of the molecule is COc1ccc(COc2cccc(-n3cc(CC(=O)Nc4cc([C@H]5CC[C@@H](OC(=O)NC(C)C)C5)[nH]n4)cn3)c2C2OCCO2)cc1. The van der Waals surface area contributed by atoms with Crippen LogP contribution in [0.5, 0.6) is 11.5 Å². The van der Waals surface area contributed by atoms with Gasteiger partial charge in [-0.25, -0.2) is 9.48 Å². The molecule has 1 saturated carbocycles. The lowest BCUT2D eigenvalue weighted by molar-refractivity contribution is -0.115. The van der Waals surface area contributed by atoms with Gasteiger partial charge in [-0.2, -0.15) is 10.2 Å². The van der Waals surface area contributed by atoms with Crippen molar-refractivity contribution in [3.8, 4) is 17.2 Å². The van der Waals surface area contributed by atoms with Crippen LogP contribution < -0.4 is 20.1 Å². The molecule has 3 heterocycles. The smallest absolute Gasteiger partial charge is 0.407 e. The molecule has 1 aliphatic carbocycles. The maximum absolute atomic E-state index is 13.0. The van der Waals surface area contributed by atoms with Crippen molar-refractivity contribution in [2.75, 3.05) is 25.6 Å². The number of benzene rings is 2. The third-order valence-corrected chi connectivity index (χ3v) is 8.07. The van der Waals surface area contributed by atoms with Crippen LogP contribution in [0.2, 0.25) is 0 Å². The number of carbonyl (C=O) groups is 2. The zero-order chi connectivity index (χ0) is 32.8. The molecule has 2 amide bonds. The summed E-state index contributed by atoms with van der Waals surface area (Å²) < 4.78 is 30.5. The number of aromatic amines is 1. The summed E-state index contributed by atoms with van der Waals surface area (Å²) in [6.07, 6.45) is 4.76. The van der Waals surface area contributed by atoms with E-state index in [-0.39, 0.29) is 30.4 Å². The van der Waals surface area contributed by atoms with Gasteiger partial charge in [0.25, 0.3) is 0 Å². The van der Waals surface area contributed by atoms with Crippen molar-refractivity contribution in [3.05, 3.63) is 83.3 Å². The first-order chi connectivity index (χ1) is 22.8. The average molecular weight is 645 g/mol. The summed E-state index contributed by atoms with van der Waals surface area (Å²) in [4.78, 5) is 24.9. The average Bonchev–Trinajstić information content (AvgIpc) is 3.88. The van der Waals surface area contributed by atoms with Crippen LogP contribution in [0.15, 0.2) is 60.9 Å². The van der Waals surface area contributed by atoms with E-state index in [0.717, 1.165) is 46.7 Å². The Morgan fingerprint density at radius 3 is 2.66 bits per heavy atom. The van der Waals surface area contributed by atoms with Gasteiger partial charge >= 0.3 is 6.09 Å². The summed E-state index contributed by atoms with van der Waals surface area (Å²) in [6, 6.07) is 15.2.